The summed E-state index contributed by atoms with van der Waals surface area (Å²) in [7, 11) is -3.50. The predicted molar refractivity (Wildman–Crippen MR) is 80.3 cm³/mol. The van der Waals surface area contributed by atoms with E-state index in [2.05, 4.69) is 4.72 Å². The van der Waals surface area contributed by atoms with Gasteiger partial charge >= 0.3 is 0 Å². The molecule has 4 heteroatoms. The summed E-state index contributed by atoms with van der Waals surface area (Å²) in [5, 5.41) is 0. The van der Waals surface area contributed by atoms with Gasteiger partial charge < -0.3 is 0 Å². The monoisotopic (exact) mass is 287 g/mol. The third kappa shape index (κ3) is 2.70. The first-order valence-corrected chi connectivity index (χ1v) is 8.33. The van der Waals surface area contributed by atoms with Crippen LogP contribution < -0.4 is 4.72 Å². The Bertz CT molecular complexity index is 709. The molecule has 0 amide bonds. The van der Waals surface area contributed by atoms with E-state index in [0.717, 1.165) is 19.3 Å². The van der Waals surface area contributed by atoms with Gasteiger partial charge in [0.1, 0.15) is 0 Å². The molecule has 0 aliphatic heterocycles. The van der Waals surface area contributed by atoms with Crippen molar-refractivity contribution in [3.05, 3.63) is 59.7 Å². The normalized spacial score (nSPS) is 14.6. The number of fused-ring (bicyclic) bond motifs is 1. The fourth-order valence-corrected chi connectivity index (χ4v) is 3.71. The first-order valence-electron chi connectivity index (χ1n) is 6.85. The Labute approximate surface area is 119 Å². The van der Waals surface area contributed by atoms with Crippen molar-refractivity contribution in [3.63, 3.8) is 0 Å². The largest absolute Gasteiger partial charge is 0.280 e. The Morgan fingerprint density at radius 2 is 1.55 bits per heavy atom. The summed E-state index contributed by atoms with van der Waals surface area (Å²) < 4.78 is 27.4. The number of anilines is 1. The van der Waals surface area contributed by atoms with Gasteiger partial charge in [-0.25, -0.2) is 8.42 Å². The number of hydrogen-bond acceptors (Lipinski definition) is 2. The number of benzene rings is 2. The highest BCUT2D eigenvalue weighted by Crippen LogP contribution is 2.25. The second-order valence-electron chi connectivity index (χ2n) is 5.11. The maximum Gasteiger partial charge on any atom is 0.261 e. The molecule has 3 rings (SSSR count). The molecule has 0 aromatic heterocycles. The lowest BCUT2D eigenvalue weighted by Crippen LogP contribution is -2.14. The summed E-state index contributed by atoms with van der Waals surface area (Å²) in [5.74, 6) is 0. The van der Waals surface area contributed by atoms with Crippen LogP contribution in [-0.4, -0.2) is 8.42 Å². The molecule has 104 valence electrons. The Morgan fingerprint density at radius 1 is 0.850 bits per heavy atom. The standard InChI is InChI=1S/C16H17NO2S/c18-20(19,17-15-8-2-1-3-9-15)16-11-10-13-6-4-5-7-14(13)12-16/h1-3,8-12,17H,4-7H2. The van der Waals surface area contributed by atoms with Gasteiger partial charge in [-0.1, -0.05) is 24.3 Å². The van der Waals surface area contributed by atoms with Crippen molar-refractivity contribution in [2.75, 3.05) is 4.72 Å². The third-order valence-electron chi connectivity index (χ3n) is 3.66. The van der Waals surface area contributed by atoms with Gasteiger partial charge in [-0.05, 0) is 61.1 Å². The Hall–Kier alpha value is -1.81. The van der Waals surface area contributed by atoms with Gasteiger partial charge in [0.05, 0.1) is 4.90 Å². The zero-order valence-electron chi connectivity index (χ0n) is 11.2. The fraction of sp³-hybridized carbons (Fsp3) is 0.250. The van der Waals surface area contributed by atoms with Gasteiger partial charge in [0.2, 0.25) is 0 Å². The van der Waals surface area contributed by atoms with Gasteiger partial charge in [-0.15, -0.1) is 0 Å². The van der Waals surface area contributed by atoms with Gasteiger partial charge in [0.15, 0.2) is 0 Å². The number of hydrogen-bond donors (Lipinski definition) is 1. The van der Waals surface area contributed by atoms with Crippen LogP contribution in [0.5, 0.6) is 0 Å². The minimum absolute atomic E-state index is 0.349. The molecule has 2 aromatic rings. The smallest absolute Gasteiger partial charge is 0.261 e. The number of sulfonamides is 1. The third-order valence-corrected chi connectivity index (χ3v) is 5.04. The van der Waals surface area contributed by atoms with Crippen molar-refractivity contribution < 1.29 is 8.42 Å². The second kappa shape index (κ2) is 5.29. The summed E-state index contributed by atoms with van der Waals surface area (Å²) in [4.78, 5) is 0.349. The van der Waals surface area contributed by atoms with Crippen LogP contribution in [0.25, 0.3) is 0 Å². The molecule has 0 fully saturated rings. The van der Waals surface area contributed by atoms with E-state index in [4.69, 9.17) is 0 Å². The zero-order valence-corrected chi connectivity index (χ0v) is 12.0. The Balaban J connectivity index is 1.91. The average Bonchev–Trinajstić information content (AvgIpc) is 2.47. The topological polar surface area (TPSA) is 46.2 Å². The molecule has 3 nitrogen and oxygen atoms in total. The minimum atomic E-state index is -3.50. The van der Waals surface area contributed by atoms with Crippen molar-refractivity contribution in [2.45, 2.75) is 30.6 Å². The van der Waals surface area contributed by atoms with Crippen LogP contribution in [0.15, 0.2) is 53.4 Å². The lowest BCUT2D eigenvalue weighted by molar-refractivity contribution is 0.600. The van der Waals surface area contributed by atoms with E-state index in [9.17, 15) is 8.42 Å². The minimum Gasteiger partial charge on any atom is -0.280 e. The van der Waals surface area contributed by atoms with E-state index in [1.807, 2.05) is 30.3 Å². The number of aryl methyl sites for hydroxylation is 2. The molecule has 1 aliphatic carbocycles. The van der Waals surface area contributed by atoms with Crippen LogP contribution >= 0.6 is 0 Å². The maximum atomic E-state index is 12.4. The number of rotatable bonds is 3. The lowest BCUT2D eigenvalue weighted by atomic mass is 9.92. The summed E-state index contributed by atoms with van der Waals surface area (Å²) in [5.41, 5.74) is 3.05. The number of nitrogens with one attached hydrogen (secondary N) is 1. The summed E-state index contributed by atoms with van der Waals surface area (Å²) in [6.45, 7) is 0. The van der Waals surface area contributed by atoms with Gasteiger partial charge in [-0.3, -0.25) is 4.72 Å². The van der Waals surface area contributed by atoms with Crippen molar-refractivity contribution in [1.82, 2.24) is 0 Å². The van der Waals surface area contributed by atoms with Gasteiger partial charge in [-0.2, -0.15) is 0 Å². The number of para-hydroxylation sites is 1. The van der Waals surface area contributed by atoms with Crippen LogP contribution in [0, 0.1) is 0 Å². The molecule has 0 heterocycles. The van der Waals surface area contributed by atoms with E-state index in [1.165, 1.54) is 17.5 Å². The molecule has 20 heavy (non-hydrogen) atoms. The van der Waals surface area contributed by atoms with Crippen molar-refractivity contribution >= 4 is 15.7 Å². The van der Waals surface area contributed by atoms with E-state index in [-0.39, 0.29) is 0 Å². The molecular weight excluding hydrogens is 270 g/mol. The Kier molecular flexibility index (Phi) is 3.49. The molecular formula is C16H17NO2S. The molecule has 0 radical (unpaired) electrons. The van der Waals surface area contributed by atoms with Crippen LogP contribution in [0.3, 0.4) is 0 Å². The molecule has 0 spiro atoms. The predicted octanol–water partition coefficient (Wildman–Crippen LogP) is 3.37. The van der Waals surface area contributed by atoms with Crippen LogP contribution in [0.4, 0.5) is 5.69 Å². The van der Waals surface area contributed by atoms with Crippen LogP contribution in [0.2, 0.25) is 0 Å². The second-order valence-corrected chi connectivity index (χ2v) is 6.79. The van der Waals surface area contributed by atoms with Gasteiger partial charge in [0, 0.05) is 5.69 Å². The SMILES string of the molecule is O=S(=O)(Nc1ccccc1)c1ccc2c(c1)CCCC2. The molecule has 2 aromatic carbocycles. The molecule has 0 saturated heterocycles. The van der Waals surface area contributed by atoms with E-state index in [1.54, 1.807) is 18.2 Å². The van der Waals surface area contributed by atoms with Crippen LogP contribution in [0.1, 0.15) is 24.0 Å². The van der Waals surface area contributed by atoms with Crippen molar-refractivity contribution in [3.8, 4) is 0 Å². The molecule has 0 unspecified atom stereocenters. The average molecular weight is 287 g/mol. The molecule has 0 saturated carbocycles. The molecule has 0 bridgehead atoms. The summed E-state index contributed by atoms with van der Waals surface area (Å²) in [6, 6.07) is 14.4. The fourth-order valence-electron chi connectivity index (χ4n) is 2.60. The zero-order chi connectivity index (χ0) is 14.0. The van der Waals surface area contributed by atoms with E-state index >= 15 is 0 Å². The first-order chi connectivity index (χ1) is 9.65. The first kappa shape index (κ1) is 13.2. The maximum absolute atomic E-state index is 12.4. The van der Waals surface area contributed by atoms with Crippen molar-refractivity contribution in [1.29, 1.82) is 0 Å². The molecule has 1 aliphatic rings. The molecule has 0 atom stereocenters. The highest BCUT2D eigenvalue weighted by atomic mass is 32.2. The Morgan fingerprint density at radius 3 is 2.30 bits per heavy atom. The highest BCUT2D eigenvalue weighted by Gasteiger charge is 2.17. The summed E-state index contributed by atoms with van der Waals surface area (Å²) >= 11 is 0. The van der Waals surface area contributed by atoms with E-state index in [0.29, 0.717) is 10.6 Å². The molecule has 1 N–H and O–H groups in total. The highest BCUT2D eigenvalue weighted by molar-refractivity contribution is 7.92. The van der Waals surface area contributed by atoms with Crippen LogP contribution in [-0.2, 0) is 22.9 Å². The lowest BCUT2D eigenvalue weighted by Gasteiger charge is -2.17. The van der Waals surface area contributed by atoms with E-state index < -0.39 is 10.0 Å². The van der Waals surface area contributed by atoms with Crippen molar-refractivity contribution in [2.24, 2.45) is 0 Å². The summed E-state index contributed by atoms with van der Waals surface area (Å²) in [6.07, 6.45) is 4.37. The quantitative estimate of drug-likeness (QED) is 0.940. The van der Waals surface area contributed by atoms with Gasteiger partial charge in [0.25, 0.3) is 10.0 Å².